The zero-order valence-electron chi connectivity index (χ0n) is 8.18. The molecular formula is C11H10ClNOS. The largest absolute Gasteiger partial charge is 0.481 e. The first kappa shape index (κ1) is 10.5. The number of methoxy groups -OCH3 is 1. The van der Waals surface area contributed by atoms with Crippen LogP contribution in [0.1, 0.15) is 15.8 Å². The van der Waals surface area contributed by atoms with Crippen molar-refractivity contribution >= 4 is 22.9 Å². The highest BCUT2D eigenvalue weighted by Gasteiger charge is 2.16. The Bertz CT molecular complexity index is 430. The Balaban J connectivity index is 2.37. The molecular weight excluding hydrogens is 230 g/mol. The molecule has 0 aliphatic rings. The maximum atomic E-state index is 6.35. The van der Waals surface area contributed by atoms with Crippen LogP contribution < -0.4 is 4.74 Å². The molecule has 0 aliphatic carbocycles. The average Bonchev–Trinajstić information content (AvgIpc) is 2.81. The number of aromatic nitrogens is 1. The van der Waals surface area contributed by atoms with E-state index in [0.29, 0.717) is 5.88 Å². The minimum absolute atomic E-state index is 0.186. The molecule has 0 spiro atoms. The number of rotatable bonds is 3. The third-order valence-electron chi connectivity index (χ3n) is 2.06. The molecule has 2 aromatic heterocycles. The van der Waals surface area contributed by atoms with Crippen LogP contribution >= 0.6 is 22.9 Å². The molecule has 1 atom stereocenters. The minimum Gasteiger partial charge on any atom is -0.481 e. The summed E-state index contributed by atoms with van der Waals surface area (Å²) in [6.07, 6.45) is 1.69. The highest BCUT2D eigenvalue weighted by Crippen LogP contribution is 2.35. The number of alkyl halides is 1. The second kappa shape index (κ2) is 4.64. The van der Waals surface area contributed by atoms with Gasteiger partial charge in [0.05, 0.1) is 12.5 Å². The van der Waals surface area contributed by atoms with Crippen LogP contribution in [0.25, 0.3) is 0 Å². The predicted octanol–water partition coefficient (Wildman–Crippen LogP) is 3.48. The highest BCUT2D eigenvalue weighted by molar-refractivity contribution is 7.10. The first-order valence-corrected chi connectivity index (χ1v) is 5.81. The highest BCUT2D eigenvalue weighted by atomic mass is 35.5. The van der Waals surface area contributed by atoms with Crippen molar-refractivity contribution in [3.05, 3.63) is 46.3 Å². The van der Waals surface area contributed by atoms with E-state index in [-0.39, 0.29) is 5.38 Å². The van der Waals surface area contributed by atoms with E-state index in [9.17, 15) is 0 Å². The normalized spacial score (nSPS) is 12.4. The van der Waals surface area contributed by atoms with E-state index in [1.807, 2.05) is 29.6 Å². The summed E-state index contributed by atoms with van der Waals surface area (Å²) < 4.78 is 5.17. The molecule has 2 rings (SSSR count). The Hall–Kier alpha value is -1.06. The lowest BCUT2D eigenvalue weighted by Crippen LogP contribution is -1.97. The molecule has 15 heavy (non-hydrogen) atoms. The standard InChI is InChI=1S/C11H10ClNOS/c1-14-11-8(4-2-6-13-11)10(12)9-5-3-7-15-9/h2-7,10H,1H3. The molecule has 0 aromatic carbocycles. The molecule has 1 unspecified atom stereocenters. The number of thiophene rings is 1. The Morgan fingerprint density at radius 3 is 2.93 bits per heavy atom. The van der Waals surface area contributed by atoms with Gasteiger partial charge in [0, 0.05) is 16.6 Å². The van der Waals surface area contributed by atoms with Gasteiger partial charge in [0.15, 0.2) is 0 Å². The van der Waals surface area contributed by atoms with Crippen molar-refractivity contribution in [2.45, 2.75) is 5.38 Å². The van der Waals surface area contributed by atoms with Crippen LogP contribution in [-0.2, 0) is 0 Å². The van der Waals surface area contributed by atoms with Crippen LogP contribution in [0.4, 0.5) is 0 Å². The lowest BCUT2D eigenvalue weighted by molar-refractivity contribution is 0.393. The molecule has 0 saturated carbocycles. The van der Waals surface area contributed by atoms with Crippen molar-refractivity contribution in [3.8, 4) is 5.88 Å². The van der Waals surface area contributed by atoms with Gasteiger partial charge in [0.1, 0.15) is 0 Å². The number of hydrogen-bond acceptors (Lipinski definition) is 3. The number of ether oxygens (including phenoxy) is 1. The van der Waals surface area contributed by atoms with Crippen molar-refractivity contribution in [2.75, 3.05) is 7.11 Å². The zero-order chi connectivity index (χ0) is 10.7. The molecule has 4 heteroatoms. The minimum atomic E-state index is -0.186. The van der Waals surface area contributed by atoms with E-state index >= 15 is 0 Å². The monoisotopic (exact) mass is 239 g/mol. The molecule has 2 nitrogen and oxygen atoms in total. The van der Waals surface area contributed by atoms with Gasteiger partial charge < -0.3 is 4.74 Å². The SMILES string of the molecule is COc1ncccc1C(Cl)c1cccs1. The lowest BCUT2D eigenvalue weighted by atomic mass is 10.1. The van der Waals surface area contributed by atoms with Crippen molar-refractivity contribution in [3.63, 3.8) is 0 Å². The van der Waals surface area contributed by atoms with Crippen molar-refractivity contribution in [2.24, 2.45) is 0 Å². The average molecular weight is 240 g/mol. The molecule has 2 heterocycles. The molecule has 0 radical (unpaired) electrons. The number of nitrogens with zero attached hydrogens (tertiary/aromatic N) is 1. The van der Waals surface area contributed by atoms with E-state index in [0.717, 1.165) is 10.4 Å². The van der Waals surface area contributed by atoms with Gasteiger partial charge in [-0.1, -0.05) is 12.1 Å². The third-order valence-corrected chi connectivity index (χ3v) is 3.60. The van der Waals surface area contributed by atoms with Crippen LogP contribution in [0.2, 0.25) is 0 Å². The summed E-state index contributed by atoms with van der Waals surface area (Å²) in [4.78, 5) is 5.23. The van der Waals surface area contributed by atoms with Crippen molar-refractivity contribution in [1.82, 2.24) is 4.98 Å². The van der Waals surface area contributed by atoms with Crippen LogP contribution in [0.3, 0.4) is 0 Å². The Labute approximate surface area is 97.5 Å². The van der Waals surface area contributed by atoms with Gasteiger partial charge in [-0.15, -0.1) is 22.9 Å². The maximum absolute atomic E-state index is 6.35. The van der Waals surface area contributed by atoms with E-state index in [1.165, 1.54) is 0 Å². The van der Waals surface area contributed by atoms with Crippen molar-refractivity contribution < 1.29 is 4.74 Å². The predicted molar refractivity (Wildman–Crippen MR) is 62.8 cm³/mol. The summed E-state index contributed by atoms with van der Waals surface area (Å²) in [6, 6.07) is 7.79. The fourth-order valence-corrected chi connectivity index (χ4v) is 2.47. The van der Waals surface area contributed by atoms with Gasteiger partial charge in [0.25, 0.3) is 0 Å². The summed E-state index contributed by atoms with van der Waals surface area (Å²) in [5, 5.41) is 1.82. The fourth-order valence-electron chi connectivity index (χ4n) is 1.36. The molecule has 0 bridgehead atoms. The van der Waals surface area contributed by atoms with Crippen LogP contribution in [0.15, 0.2) is 35.8 Å². The Kier molecular flexibility index (Phi) is 3.23. The van der Waals surface area contributed by atoms with E-state index in [4.69, 9.17) is 16.3 Å². The van der Waals surface area contributed by atoms with Crippen LogP contribution in [0.5, 0.6) is 5.88 Å². The van der Waals surface area contributed by atoms with Crippen molar-refractivity contribution in [1.29, 1.82) is 0 Å². The quantitative estimate of drug-likeness (QED) is 0.765. The molecule has 0 aliphatic heterocycles. The number of hydrogen-bond donors (Lipinski definition) is 0. The fraction of sp³-hybridized carbons (Fsp3) is 0.182. The Morgan fingerprint density at radius 1 is 1.40 bits per heavy atom. The number of halogens is 1. The summed E-state index contributed by atoms with van der Waals surface area (Å²) in [5.74, 6) is 0.589. The Morgan fingerprint density at radius 2 is 2.27 bits per heavy atom. The summed E-state index contributed by atoms with van der Waals surface area (Å²) in [7, 11) is 1.60. The zero-order valence-corrected chi connectivity index (χ0v) is 9.76. The van der Waals surface area contributed by atoms with Gasteiger partial charge in [0.2, 0.25) is 5.88 Å². The van der Waals surface area contributed by atoms with Gasteiger partial charge in [-0.3, -0.25) is 0 Å². The maximum Gasteiger partial charge on any atom is 0.218 e. The van der Waals surface area contributed by atoms with Gasteiger partial charge in [-0.05, 0) is 17.5 Å². The van der Waals surface area contributed by atoms with Crippen LogP contribution in [-0.4, -0.2) is 12.1 Å². The lowest BCUT2D eigenvalue weighted by Gasteiger charge is -2.10. The topological polar surface area (TPSA) is 22.1 Å². The van der Waals surface area contributed by atoms with Gasteiger partial charge in [-0.2, -0.15) is 0 Å². The first-order chi connectivity index (χ1) is 7.33. The molecule has 2 aromatic rings. The van der Waals surface area contributed by atoms with Gasteiger partial charge in [-0.25, -0.2) is 4.98 Å². The van der Waals surface area contributed by atoms with Gasteiger partial charge >= 0.3 is 0 Å². The van der Waals surface area contributed by atoms with E-state index in [1.54, 1.807) is 24.6 Å². The molecule has 0 saturated heterocycles. The van der Waals surface area contributed by atoms with Crippen LogP contribution in [0, 0.1) is 0 Å². The van der Waals surface area contributed by atoms with E-state index < -0.39 is 0 Å². The molecule has 0 N–H and O–H groups in total. The molecule has 0 fully saturated rings. The summed E-state index contributed by atoms with van der Waals surface area (Å²) in [5.41, 5.74) is 0.907. The smallest absolute Gasteiger partial charge is 0.218 e. The van der Waals surface area contributed by atoms with E-state index in [2.05, 4.69) is 4.98 Å². The second-order valence-corrected chi connectivity index (χ2v) is 4.40. The summed E-state index contributed by atoms with van der Waals surface area (Å²) in [6.45, 7) is 0. The second-order valence-electron chi connectivity index (χ2n) is 2.98. The molecule has 78 valence electrons. The summed E-state index contributed by atoms with van der Waals surface area (Å²) >= 11 is 7.98. The third kappa shape index (κ3) is 2.13. The first-order valence-electron chi connectivity index (χ1n) is 4.49. The molecule has 0 amide bonds. The number of pyridine rings is 1.